The van der Waals surface area contributed by atoms with Crippen molar-refractivity contribution < 1.29 is 8.42 Å². The summed E-state index contributed by atoms with van der Waals surface area (Å²) in [7, 11) is -3.36. The van der Waals surface area contributed by atoms with Gasteiger partial charge in [-0.25, -0.2) is 13.1 Å². The molecule has 118 valence electrons. The van der Waals surface area contributed by atoms with E-state index in [2.05, 4.69) is 15.4 Å². The topological polar surface area (TPSA) is 70.2 Å². The fourth-order valence-electron chi connectivity index (χ4n) is 2.47. The lowest BCUT2D eigenvalue weighted by Crippen LogP contribution is -2.24. The molecule has 6 heteroatoms. The average molecular weight is 311 g/mol. The number of benzene rings is 1. The minimum absolute atomic E-state index is 0.318. The predicted octanol–water partition coefficient (Wildman–Crippen LogP) is 1.93. The van der Waals surface area contributed by atoms with Crippen molar-refractivity contribution in [3.05, 3.63) is 24.3 Å². The highest BCUT2D eigenvalue weighted by Crippen LogP contribution is 2.15. The van der Waals surface area contributed by atoms with Crippen LogP contribution in [0.1, 0.15) is 32.6 Å². The monoisotopic (exact) mass is 311 g/mol. The van der Waals surface area contributed by atoms with Crippen molar-refractivity contribution in [2.24, 2.45) is 0 Å². The van der Waals surface area contributed by atoms with Gasteiger partial charge in [0.2, 0.25) is 10.0 Å². The molecule has 0 bridgehead atoms. The summed E-state index contributed by atoms with van der Waals surface area (Å²) in [5, 5.41) is 6.80. The number of anilines is 1. The Bertz CT molecular complexity index is 522. The smallest absolute Gasteiger partial charge is 0.240 e. The van der Waals surface area contributed by atoms with E-state index in [4.69, 9.17) is 0 Å². The molecule has 0 radical (unpaired) electrons. The summed E-state index contributed by atoms with van der Waals surface area (Å²) >= 11 is 0. The molecule has 1 heterocycles. The van der Waals surface area contributed by atoms with E-state index in [0.717, 1.165) is 31.6 Å². The van der Waals surface area contributed by atoms with Crippen molar-refractivity contribution in [3.63, 3.8) is 0 Å². The summed E-state index contributed by atoms with van der Waals surface area (Å²) in [5.74, 6) is 0. The lowest BCUT2D eigenvalue weighted by molar-refractivity contribution is 0.574. The normalized spacial score (nSPS) is 18.8. The maximum absolute atomic E-state index is 12.0. The van der Waals surface area contributed by atoms with Gasteiger partial charge in [-0.2, -0.15) is 0 Å². The van der Waals surface area contributed by atoms with Crippen LogP contribution in [0.15, 0.2) is 29.2 Å². The second-order valence-electron chi connectivity index (χ2n) is 5.43. The average Bonchev–Trinajstić information content (AvgIpc) is 2.99. The Morgan fingerprint density at radius 3 is 2.62 bits per heavy atom. The van der Waals surface area contributed by atoms with Crippen molar-refractivity contribution in [1.29, 1.82) is 0 Å². The van der Waals surface area contributed by atoms with E-state index in [1.54, 1.807) is 12.1 Å². The summed E-state index contributed by atoms with van der Waals surface area (Å²) in [5.41, 5.74) is 0.961. The van der Waals surface area contributed by atoms with E-state index in [0.29, 0.717) is 17.5 Å². The summed E-state index contributed by atoms with van der Waals surface area (Å²) in [6.07, 6.45) is 4.40. The SMILES string of the molecule is CCCNS(=O)(=O)c1ccc(NCC[C@H]2CCCN2)cc1. The molecule has 1 aromatic carbocycles. The Morgan fingerprint density at radius 2 is 2.00 bits per heavy atom. The largest absolute Gasteiger partial charge is 0.385 e. The summed E-state index contributed by atoms with van der Waals surface area (Å²) in [4.78, 5) is 0.318. The first-order chi connectivity index (χ1) is 10.1. The zero-order chi connectivity index (χ0) is 15.1. The maximum atomic E-state index is 12.0. The van der Waals surface area contributed by atoms with Crippen LogP contribution >= 0.6 is 0 Å². The minimum Gasteiger partial charge on any atom is -0.385 e. The highest BCUT2D eigenvalue weighted by atomic mass is 32.2. The van der Waals surface area contributed by atoms with E-state index >= 15 is 0 Å². The third kappa shape index (κ3) is 4.98. The summed E-state index contributed by atoms with van der Waals surface area (Å²) in [6.45, 7) is 4.44. The molecule has 0 saturated carbocycles. The lowest BCUT2D eigenvalue weighted by atomic mass is 10.1. The van der Waals surface area contributed by atoms with Gasteiger partial charge in [-0.3, -0.25) is 0 Å². The summed E-state index contributed by atoms with van der Waals surface area (Å²) in [6, 6.07) is 7.56. The van der Waals surface area contributed by atoms with Gasteiger partial charge >= 0.3 is 0 Å². The first kappa shape index (κ1) is 16.3. The van der Waals surface area contributed by atoms with Crippen LogP contribution in [0.4, 0.5) is 5.69 Å². The van der Waals surface area contributed by atoms with Gasteiger partial charge in [0.15, 0.2) is 0 Å². The van der Waals surface area contributed by atoms with E-state index in [1.165, 1.54) is 12.8 Å². The second-order valence-corrected chi connectivity index (χ2v) is 7.20. The van der Waals surface area contributed by atoms with Gasteiger partial charge < -0.3 is 10.6 Å². The van der Waals surface area contributed by atoms with Crippen LogP contribution in [0.2, 0.25) is 0 Å². The van der Waals surface area contributed by atoms with Gasteiger partial charge in [0.25, 0.3) is 0 Å². The molecule has 0 spiro atoms. The van der Waals surface area contributed by atoms with Crippen LogP contribution in [0.25, 0.3) is 0 Å². The zero-order valence-corrected chi connectivity index (χ0v) is 13.4. The molecule has 0 unspecified atom stereocenters. The molecule has 3 N–H and O–H groups in total. The van der Waals surface area contributed by atoms with Gasteiger partial charge in [-0.15, -0.1) is 0 Å². The molecule has 1 atom stereocenters. The van der Waals surface area contributed by atoms with Gasteiger partial charge in [-0.05, 0) is 56.5 Å². The Labute approximate surface area is 127 Å². The van der Waals surface area contributed by atoms with Gasteiger partial charge in [0.1, 0.15) is 0 Å². The molecule has 1 fully saturated rings. The molecule has 1 aliphatic rings. The van der Waals surface area contributed by atoms with Crippen LogP contribution in [0.5, 0.6) is 0 Å². The number of sulfonamides is 1. The number of hydrogen-bond donors (Lipinski definition) is 3. The molecule has 0 aromatic heterocycles. The highest BCUT2D eigenvalue weighted by molar-refractivity contribution is 7.89. The minimum atomic E-state index is -3.36. The maximum Gasteiger partial charge on any atom is 0.240 e. The first-order valence-electron chi connectivity index (χ1n) is 7.69. The fraction of sp³-hybridized carbons (Fsp3) is 0.600. The molecule has 21 heavy (non-hydrogen) atoms. The Kier molecular flexibility index (Phi) is 6.02. The Hall–Kier alpha value is -1.11. The molecule has 0 aliphatic carbocycles. The molecule has 0 amide bonds. The molecular weight excluding hydrogens is 286 g/mol. The van der Waals surface area contributed by atoms with Crippen molar-refractivity contribution >= 4 is 15.7 Å². The van der Waals surface area contributed by atoms with Crippen molar-refractivity contribution in [2.45, 2.75) is 43.5 Å². The van der Waals surface area contributed by atoms with Crippen LogP contribution in [-0.4, -0.2) is 34.1 Å². The van der Waals surface area contributed by atoms with Gasteiger partial charge in [-0.1, -0.05) is 6.92 Å². The second kappa shape index (κ2) is 7.77. The van der Waals surface area contributed by atoms with Crippen LogP contribution < -0.4 is 15.4 Å². The Balaban J connectivity index is 1.83. The fourth-order valence-corrected chi connectivity index (χ4v) is 3.60. The van der Waals surface area contributed by atoms with Crippen molar-refractivity contribution in [2.75, 3.05) is 25.0 Å². The standard InChI is InChI=1S/C15H25N3O2S/c1-2-10-18-21(19,20)15-7-5-14(6-8-15)17-12-9-13-4-3-11-16-13/h5-8,13,16-18H,2-4,9-12H2,1H3/t13-/m1/s1. The first-order valence-corrected chi connectivity index (χ1v) is 9.17. The van der Waals surface area contributed by atoms with E-state index in [9.17, 15) is 8.42 Å². The third-order valence-corrected chi connectivity index (χ3v) is 5.17. The quantitative estimate of drug-likeness (QED) is 0.686. The van der Waals surface area contributed by atoms with E-state index < -0.39 is 10.0 Å². The molecule has 5 nitrogen and oxygen atoms in total. The van der Waals surface area contributed by atoms with Crippen LogP contribution in [0.3, 0.4) is 0 Å². The van der Waals surface area contributed by atoms with Crippen molar-refractivity contribution in [3.8, 4) is 0 Å². The number of rotatable bonds is 8. The number of nitrogens with one attached hydrogen (secondary N) is 3. The third-order valence-electron chi connectivity index (χ3n) is 3.69. The Morgan fingerprint density at radius 1 is 1.24 bits per heavy atom. The van der Waals surface area contributed by atoms with E-state index in [-0.39, 0.29) is 0 Å². The molecule has 1 aliphatic heterocycles. The van der Waals surface area contributed by atoms with Gasteiger partial charge in [0.05, 0.1) is 4.90 Å². The zero-order valence-electron chi connectivity index (χ0n) is 12.6. The van der Waals surface area contributed by atoms with Crippen LogP contribution in [0, 0.1) is 0 Å². The van der Waals surface area contributed by atoms with Crippen LogP contribution in [-0.2, 0) is 10.0 Å². The van der Waals surface area contributed by atoms with E-state index in [1.807, 2.05) is 19.1 Å². The van der Waals surface area contributed by atoms with Crippen molar-refractivity contribution in [1.82, 2.24) is 10.0 Å². The number of hydrogen-bond acceptors (Lipinski definition) is 4. The molecule has 2 rings (SSSR count). The molecule has 1 aromatic rings. The molecular formula is C15H25N3O2S. The highest BCUT2D eigenvalue weighted by Gasteiger charge is 2.14. The molecule has 1 saturated heterocycles. The lowest BCUT2D eigenvalue weighted by Gasteiger charge is -2.12. The van der Waals surface area contributed by atoms with Gasteiger partial charge in [0, 0.05) is 24.8 Å². The predicted molar refractivity (Wildman–Crippen MR) is 86.1 cm³/mol. The summed E-state index contributed by atoms with van der Waals surface area (Å²) < 4.78 is 26.5.